The Hall–Kier alpha value is -0.0800. The molecule has 1 heterocycles. The zero-order valence-corrected chi connectivity index (χ0v) is 14.7. The Labute approximate surface area is 132 Å². The summed E-state index contributed by atoms with van der Waals surface area (Å²) in [5.41, 5.74) is 0. The molecule has 0 bridgehead atoms. The van der Waals surface area contributed by atoms with Crippen LogP contribution in [0.1, 0.15) is 97.8 Å². The van der Waals surface area contributed by atoms with Crippen LogP contribution >= 0.6 is 0 Å². The van der Waals surface area contributed by atoms with E-state index in [9.17, 15) is 5.11 Å². The molecule has 0 unspecified atom stereocenters. The number of epoxide rings is 1. The summed E-state index contributed by atoms with van der Waals surface area (Å²) in [7, 11) is 0. The van der Waals surface area contributed by atoms with E-state index in [0.29, 0.717) is 6.10 Å². The second-order valence-electron chi connectivity index (χ2n) is 7.29. The Kier molecular flexibility index (Phi) is 10.4. The highest BCUT2D eigenvalue weighted by molar-refractivity contribution is 4.90. The Morgan fingerprint density at radius 2 is 1.48 bits per heavy atom. The van der Waals surface area contributed by atoms with Crippen LogP contribution in [0.5, 0.6) is 0 Å². The fourth-order valence-electron chi connectivity index (χ4n) is 3.10. The molecule has 1 saturated heterocycles. The number of hydrogen-bond acceptors (Lipinski definition) is 2. The van der Waals surface area contributed by atoms with Gasteiger partial charge in [-0.15, -0.1) is 0 Å². The van der Waals surface area contributed by atoms with Crippen molar-refractivity contribution >= 4 is 0 Å². The smallest absolute Gasteiger partial charge is 0.110 e. The third-order valence-electron chi connectivity index (χ3n) is 4.62. The molecule has 0 aliphatic carbocycles. The predicted octanol–water partition coefficient (Wildman–Crippen LogP) is 5.47. The molecule has 0 saturated carbocycles. The largest absolute Gasteiger partial charge is 0.390 e. The molecule has 0 aromatic heterocycles. The molecule has 2 heteroatoms. The van der Waals surface area contributed by atoms with E-state index in [-0.39, 0.29) is 12.2 Å². The van der Waals surface area contributed by atoms with Gasteiger partial charge in [0.25, 0.3) is 0 Å². The summed E-state index contributed by atoms with van der Waals surface area (Å²) in [4.78, 5) is 0. The summed E-state index contributed by atoms with van der Waals surface area (Å²) < 4.78 is 5.65. The number of rotatable bonds is 14. The van der Waals surface area contributed by atoms with Crippen molar-refractivity contribution in [3.63, 3.8) is 0 Å². The maximum atomic E-state index is 10.1. The number of aliphatic hydroxyl groups excluding tert-OH is 1. The SMILES string of the molecule is CCCCCCCCC[C@H](O)[C@H]1O[C@H]1CCCCC(C)C. The Morgan fingerprint density at radius 3 is 2.14 bits per heavy atom. The Balaban J connectivity index is 1.89. The van der Waals surface area contributed by atoms with Crippen LogP contribution in [0.25, 0.3) is 0 Å². The van der Waals surface area contributed by atoms with Crippen molar-refractivity contribution < 1.29 is 9.84 Å². The lowest BCUT2D eigenvalue weighted by molar-refractivity contribution is 0.123. The summed E-state index contributed by atoms with van der Waals surface area (Å²) in [6.45, 7) is 6.82. The van der Waals surface area contributed by atoms with Crippen LogP contribution < -0.4 is 0 Å². The highest BCUT2D eigenvalue weighted by Crippen LogP contribution is 2.32. The molecule has 1 aliphatic heterocycles. The standard InChI is InChI=1S/C19H38O2/c1-4-5-6-7-8-9-10-14-17(20)19-18(21-19)15-12-11-13-16(2)3/h16-20H,4-15H2,1-3H3/t17-,18-,19+/m0/s1. The van der Waals surface area contributed by atoms with E-state index in [1.807, 2.05) is 0 Å². The molecule has 2 nitrogen and oxygen atoms in total. The molecule has 126 valence electrons. The van der Waals surface area contributed by atoms with Crippen LogP contribution in [-0.4, -0.2) is 23.4 Å². The molecule has 1 N–H and O–H groups in total. The molecule has 3 atom stereocenters. The molecule has 0 aromatic carbocycles. The van der Waals surface area contributed by atoms with Gasteiger partial charge in [0.15, 0.2) is 0 Å². The summed E-state index contributed by atoms with van der Waals surface area (Å²) in [5.74, 6) is 0.809. The first kappa shape index (κ1) is 19.0. The normalized spacial score (nSPS) is 22.7. The van der Waals surface area contributed by atoms with E-state index in [4.69, 9.17) is 4.74 Å². The topological polar surface area (TPSA) is 32.8 Å². The van der Waals surface area contributed by atoms with Crippen LogP contribution in [0.4, 0.5) is 0 Å². The third-order valence-corrected chi connectivity index (χ3v) is 4.62. The van der Waals surface area contributed by atoms with Gasteiger partial charge in [-0.05, 0) is 18.8 Å². The fraction of sp³-hybridized carbons (Fsp3) is 1.00. The van der Waals surface area contributed by atoms with Crippen molar-refractivity contribution in [1.29, 1.82) is 0 Å². The Bertz CT molecular complexity index is 240. The number of aliphatic hydroxyl groups is 1. The van der Waals surface area contributed by atoms with Gasteiger partial charge in [0, 0.05) is 0 Å². The average molecular weight is 299 g/mol. The summed E-state index contributed by atoms with van der Waals surface area (Å²) in [5, 5.41) is 10.1. The van der Waals surface area contributed by atoms with E-state index in [1.165, 1.54) is 57.8 Å². The molecule has 0 amide bonds. The van der Waals surface area contributed by atoms with Gasteiger partial charge in [0.2, 0.25) is 0 Å². The molecular formula is C19H38O2. The quantitative estimate of drug-likeness (QED) is 0.340. The molecule has 0 aromatic rings. The van der Waals surface area contributed by atoms with E-state index in [2.05, 4.69) is 20.8 Å². The zero-order chi connectivity index (χ0) is 15.5. The lowest BCUT2D eigenvalue weighted by Crippen LogP contribution is -2.16. The van der Waals surface area contributed by atoms with Gasteiger partial charge >= 0.3 is 0 Å². The third kappa shape index (κ3) is 9.52. The summed E-state index contributed by atoms with van der Waals surface area (Å²) in [6.07, 6.45) is 15.4. The van der Waals surface area contributed by atoms with Gasteiger partial charge in [-0.2, -0.15) is 0 Å². The first-order valence-corrected chi connectivity index (χ1v) is 9.48. The van der Waals surface area contributed by atoms with Crippen LogP contribution in [0.2, 0.25) is 0 Å². The summed E-state index contributed by atoms with van der Waals surface area (Å²) >= 11 is 0. The average Bonchev–Trinajstić information content (AvgIpc) is 3.22. The van der Waals surface area contributed by atoms with Gasteiger partial charge in [0.05, 0.1) is 12.2 Å². The second-order valence-corrected chi connectivity index (χ2v) is 7.29. The monoisotopic (exact) mass is 298 g/mol. The molecule has 0 spiro atoms. The van der Waals surface area contributed by atoms with Gasteiger partial charge in [-0.1, -0.05) is 85.0 Å². The van der Waals surface area contributed by atoms with Crippen molar-refractivity contribution in [2.75, 3.05) is 0 Å². The van der Waals surface area contributed by atoms with Crippen molar-refractivity contribution in [3.05, 3.63) is 0 Å². The van der Waals surface area contributed by atoms with E-state index >= 15 is 0 Å². The van der Waals surface area contributed by atoms with Gasteiger partial charge in [-0.3, -0.25) is 0 Å². The highest BCUT2D eigenvalue weighted by Gasteiger charge is 2.42. The molecule has 21 heavy (non-hydrogen) atoms. The fourth-order valence-corrected chi connectivity index (χ4v) is 3.10. The maximum Gasteiger partial charge on any atom is 0.110 e. The van der Waals surface area contributed by atoms with Crippen LogP contribution in [0.3, 0.4) is 0 Å². The second kappa shape index (κ2) is 11.5. The number of ether oxygens (including phenoxy) is 1. The minimum atomic E-state index is -0.212. The van der Waals surface area contributed by atoms with E-state index < -0.39 is 0 Å². The van der Waals surface area contributed by atoms with Gasteiger partial charge < -0.3 is 9.84 Å². The van der Waals surface area contributed by atoms with Gasteiger partial charge in [0.1, 0.15) is 6.10 Å². The molecule has 0 radical (unpaired) electrons. The van der Waals surface area contributed by atoms with Crippen molar-refractivity contribution in [1.82, 2.24) is 0 Å². The van der Waals surface area contributed by atoms with Crippen LogP contribution in [-0.2, 0) is 4.74 Å². The van der Waals surface area contributed by atoms with Crippen LogP contribution in [0, 0.1) is 5.92 Å². The van der Waals surface area contributed by atoms with Gasteiger partial charge in [-0.25, -0.2) is 0 Å². The zero-order valence-electron chi connectivity index (χ0n) is 14.7. The molecule has 1 fully saturated rings. The molecule has 1 rings (SSSR count). The van der Waals surface area contributed by atoms with Crippen molar-refractivity contribution in [2.45, 2.75) is 116 Å². The number of hydrogen-bond donors (Lipinski definition) is 1. The molecule has 1 aliphatic rings. The van der Waals surface area contributed by atoms with E-state index in [0.717, 1.165) is 25.2 Å². The summed E-state index contributed by atoms with van der Waals surface area (Å²) in [6, 6.07) is 0. The maximum absolute atomic E-state index is 10.1. The first-order valence-electron chi connectivity index (χ1n) is 9.48. The lowest BCUT2D eigenvalue weighted by atomic mass is 10.0. The van der Waals surface area contributed by atoms with Crippen molar-refractivity contribution in [3.8, 4) is 0 Å². The highest BCUT2D eigenvalue weighted by atomic mass is 16.6. The minimum Gasteiger partial charge on any atom is -0.390 e. The molecular weight excluding hydrogens is 260 g/mol. The van der Waals surface area contributed by atoms with E-state index in [1.54, 1.807) is 0 Å². The first-order chi connectivity index (χ1) is 10.1. The number of unbranched alkanes of at least 4 members (excludes halogenated alkanes) is 7. The van der Waals surface area contributed by atoms with Crippen molar-refractivity contribution in [2.24, 2.45) is 5.92 Å². The predicted molar refractivity (Wildman–Crippen MR) is 90.6 cm³/mol. The van der Waals surface area contributed by atoms with Crippen LogP contribution in [0.15, 0.2) is 0 Å². The minimum absolute atomic E-state index is 0.157. The lowest BCUT2D eigenvalue weighted by Gasteiger charge is -2.07. The Morgan fingerprint density at radius 1 is 0.857 bits per heavy atom.